The molecule has 1 aromatic rings. The molecule has 1 amide bonds. The second kappa shape index (κ2) is 6.57. The summed E-state index contributed by atoms with van der Waals surface area (Å²) in [6, 6.07) is 9.82. The Morgan fingerprint density at radius 3 is 2.65 bits per heavy atom. The van der Waals surface area contributed by atoms with E-state index in [-0.39, 0.29) is 5.91 Å². The lowest BCUT2D eigenvalue weighted by atomic mass is 9.76. The van der Waals surface area contributed by atoms with Crippen LogP contribution in [-0.4, -0.2) is 11.4 Å². The first-order valence-electron chi connectivity index (χ1n) is 7.08. The fourth-order valence-corrected chi connectivity index (χ4v) is 3.41. The van der Waals surface area contributed by atoms with Gasteiger partial charge in [0.05, 0.1) is 11.6 Å². The predicted molar refractivity (Wildman–Crippen MR) is 87.2 cm³/mol. The smallest absolute Gasteiger partial charge is 0.253 e. The highest BCUT2D eigenvalue weighted by atomic mass is 127. The third-order valence-corrected chi connectivity index (χ3v) is 5.16. The third-order valence-electron chi connectivity index (χ3n) is 4.22. The molecule has 1 N–H and O–H groups in total. The summed E-state index contributed by atoms with van der Waals surface area (Å²) in [7, 11) is 0. The summed E-state index contributed by atoms with van der Waals surface area (Å²) in [5.41, 5.74) is -0.0258. The summed E-state index contributed by atoms with van der Waals surface area (Å²) in [6.07, 6.45) is 4.73. The minimum Gasteiger partial charge on any atom is -0.334 e. The molecule has 0 spiro atoms. The van der Waals surface area contributed by atoms with Crippen molar-refractivity contribution in [2.75, 3.05) is 0 Å². The Bertz CT molecular complexity index is 528. The van der Waals surface area contributed by atoms with Gasteiger partial charge in [0.15, 0.2) is 0 Å². The number of nitrogens with one attached hydrogen (secondary N) is 1. The van der Waals surface area contributed by atoms with Crippen LogP contribution in [0.1, 0.15) is 49.4 Å². The van der Waals surface area contributed by atoms with Crippen LogP contribution in [-0.2, 0) is 0 Å². The molecule has 0 atom stereocenters. The molecule has 0 aromatic heterocycles. The van der Waals surface area contributed by atoms with E-state index in [0.717, 1.165) is 35.7 Å². The Hall–Kier alpha value is -1.09. The van der Waals surface area contributed by atoms with Crippen LogP contribution in [0.5, 0.6) is 0 Å². The summed E-state index contributed by atoms with van der Waals surface area (Å²) in [6.45, 7) is 2.19. The molecule has 1 fully saturated rings. The normalized spacial score (nSPS) is 25.8. The summed E-state index contributed by atoms with van der Waals surface area (Å²) in [4.78, 5) is 12.4. The van der Waals surface area contributed by atoms with Crippen molar-refractivity contribution in [3.63, 3.8) is 0 Å². The molecule has 1 aliphatic rings. The molecule has 1 saturated carbocycles. The monoisotopic (exact) mass is 382 g/mol. The maximum absolute atomic E-state index is 12.4. The molecule has 20 heavy (non-hydrogen) atoms. The number of nitriles is 1. The highest BCUT2D eigenvalue weighted by Crippen LogP contribution is 2.33. The Balaban J connectivity index is 2.10. The highest BCUT2D eigenvalue weighted by Gasteiger charge is 2.36. The number of hydrogen-bond donors (Lipinski definition) is 1. The van der Waals surface area contributed by atoms with Gasteiger partial charge in [-0.2, -0.15) is 5.26 Å². The molecule has 0 radical (unpaired) electrons. The van der Waals surface area contributed by atoms with E-state index in [4.69, 9.17) is 0 Å². The van der Waals surface area contributed by atoms with Crippen molar-refractivity contribution in [3.05, 3.63) is 33.4 Å². The van der Waals surface area contributed by atoms with Crippen molar-refractivity contribution in [2.24, 2.45) is 5.92 Å². The van der Waals surface area contributed by atoms with Gasteiger partial charge < -0.3 is 5.32 Å². The van der Waals surface area contributed by atoms with Gasteiger partial charge in [-0.1, -0.05) is 25.5 Å². The van der Waals surface area contributed by atoms with Crippen molar-refractivity contribution in [1.29, 1.82) is 5.26 Å². The molecule has 0 bridgehead atoms. The van der Waals surface area contributed by atoms with Crippen molar-refractivity contribution in [3.8, 4) is 6.07 Å². The van der Waals surface area contributed by atoms with Gasteiger partial charge in [-0.3, -0.25) is 4.79 Å². The topological polar surface area (TPSA) is 52.9 Å². The van der Waals surface area contributed by atoms with Gasteiger partial charge in [0, 0.05) is 3.57 Å². The molecule has 2 rings (SSSR count). The number of hydrogen-bond acceptors (Lipinski definition) is 2. The van der Waals surface area contributed by atoms with E-state index in [1.807, 2.05) is 18.2 Å². The first-order chi connectivity index (χ1) is 9.60. The molecule has 1 aromatic carbocycles. The van der Waals surface area contributed by atoms with Crippen LogP contribution in [0.25, 0.3) is 0 Å². The molecule has 3 nitrogen and oxygen atoms in total. The number of carbonyl (C=O) groups excluding carboxylic acids is 1. The lowest BCUT2D eigenvalue weighted by molar-refractivity contribution is 0.0890. The summed E-state index contributed by atoms with van der Waals surface area (Å²) in [5.74, 6) is 0.566. The van der Waals surface area contributed by atoms with Crippen molar-refractivity contribution in [1.82, 2.24) is 5.32 Å². The minimum absolute atomic E-state index is 0.133. The second-order valence-electron chi connectivity index (χ2n) is 5.48. The molecule has 0 unspecified atom stereocenters. The maximum Gasteiger partial charge on any atom is 0.253 e. The maximum atomic E-state index is 12.4. The van der Waals surface area contributed by atoms with E-state index >= 15 is 0 Å². The SMILES string of the molecule is CCC1CCC(C#N)(NC(=O)c2ccccc2I)CC1. The van der Waals surface area contributed by atoms with Gasteiger partial charge in [0.25, 0.3) is 5.91 Å². The number of amides is 1. The van der Waals surface area contributed by atoms with Crippen LogP contribution in [0, 0.1) is 20.8 Å². The van der Waals surface area contributed by atoms with Crippen LogP contribution in [0.4, 0.5) is 0 Å². The van der Waals surface area contributed by atoms with Gasteiger partial charge in [0.1, 0.15) is 5.54 Å². The standard InChI is InChI=1S/C16H19IN2O/c1-2-12-7-9-16(11-18,10-8-12)19-15(20)13-5-3-4-6-14(13)17/h3-6,12H,2,7-10H2,1H3,(H,19,20). The summed E-state index contributed by atoms with van der Waals surface area (Å²) < 4.78 is 0.915. The first-order valence-corrected chi connectivity index (χ1v) is 8.16. The average Bonchev–Trinajstić information content (AvgIpc) is 2.48. The Morgan fingerprint density at radius 1 is 1.45 bits per heavy atom. The lowest BCUT2D eigenvalue weighted by Crippen LogP contribution is -2.49. The van der Waals surface area contributed by atoms with E-state index in [1.165, 1.54) is 0 Å². The van der Waals surface area contributed by atoms with Gasteiger partial charge in [-0.05, 0) is 66.3 Å². The fourth-order valence-electron chi connectivity index (χ4n) is 2.77. The van der Waals surface area contributed by atoms with E-state index < -0.39 is 5.54 Å². The second-order valence-corrected chi connectivity index (χ2v) is 6.64. The van der Waals surface area contributed by atoms with E-state index in [0.29, 0.717) is 11.5 Å². The van der Waals surface area contributed by atoms with E-state index in [9.17, 15) is 10.1 Å². The van der Waals surface area contributed by atoms with Crippen LogP contribution in [0.2, 0.25) is 0 Å². The van der Waals surface area contributed by atoms with Crippen molar-refractivity contribution < 1.29 is 4.79 Å². The van der Waals surface area contributed by atoms with Crippen LogP contribution < -0.4 is 5.32 Å². The number of nitrogens with zero attached hydrogens (tertiary/aromatic N) is 1. The lowest BCUT2D eigenvalue weighted by Gasteiger charge is -2.35. The number of benzene rings is 1. The third kappa shape index (κ3) is 3.32. The molecule has 4 heteroatoms. The summed E-state index contributed by atoms with van der Waals surface area (Å²) in [5, 5.41) is 12.5. The van der Waals surface area contributed by atoms with Crippen LogP contribution in [0.3, 0.4) is 0 Å². The van der Waals surface area contributed by atoms with Gasteiger partial charge >= 0.3 is 0 Å². The van der Waals surface area contributed by atoms with Crippen molar-refractivity contribution >= 4 is 28.5 Å². The predicted octanol–water partition coefficient (Wildman–Crippen LogP) is 3.88. The quantitative estimate of drug-likeness (QED) is 0.807. The van der Waals surface area contributed by atoms with Gasteiger partial charge in [-0.25, -0.2) is 0 Å². The zero-order valence-electron chi connectivity index (χ0n) is 11.7. The zero-order chi connectivity index (χ0) is 14.6. The number of halogens is 1. The molecule has 1 aliphatic carbocycles. The van der Waals surface area contributed by atoms with E-state index in [1.54, 1.807) is 6.07 Å². The first kappa shape index (κ1) is 15.3. The van der Waals surface area contributed by atoms with Crippen LogP contribution in [0.15, 0.2) is 24.3 Å². The molecule has 0 heterocycles. The zero-order valence-corrected chi connectivity index (χ0v) is 13.8. The molecule has 0 aliphatic heterocycles. The molecular formula is C16H19IN2O. The Labute approximate surface area is 133 Å². The minimum atomic E-state index is -0.679. The number of carbonyl (C=O) groups is 1. The molecular weight excluding hydrogens is 363 g/mol. The Kier molecular flexibility index (Phi) is 5.03. The molecule has 0 saturated heterocycles. The van der Waals surface area contributed by atoms with Gasteiger partial charge in [0.2, 0.25) is 0 Å². The van der Waals surface area contributed by atoms with E-state index in [2.05, 4.69) is 40.9 Å². The van der Waals surface area contributed by atoms with Crippen molar-refractivity contribution in [2.45, 2.75) is 44.6 Å². The fraction of sp³-hybridized carbons (Fsp3) is 0.500. The van der Waals surface area contributed by atoms with Crippen LogP contribution >= 0.6 is 22.6 Å². The number of rotatable bonds is 3. The molecule has 106 valence electrons. The average molecular weight is 382 g/mol. The Morgan fingerprint density at radius 2 is 2.10 bits per heavy atom. The largest absolute Gasteiger partial charge is 0.334 e. The summed E-state index contributed by atoms with van der Waals surface area (Å²) >= 11 is 2.15. The van der Waals surface area contributed by atoms with Gasteiger partial charge in [-0.15, -0.1) is 0 Å². The highest BCUT2D eigenvalue weighted by molar-refractivity contribution is 14.1.